The summed E-state index contributed by atoms with van der Waals surface area (Å²) in [6, 6.07) is 0. The van der Waals surface area contributed by atoms with Crippen LogP contribution in [0.25, 0.3) is 0 Å². The van der Waals surface area contributed by atoms with Gasteiger partial charge in [0.1, 0.15) is 0 Å². The maximum absolute atomic E-state index is 4.20. The first-order chi connectivity index (χ1) is 4.83. The summed E-state index contributed by atoms with van der Waals surface area (Å²) in [6.45, 7) is 1.77. The van der Waals surface area contributed by atoms with Gasteiger partial charge in [-0.3, -0.25) is 4.99 Å². The Morgan fingerprint density at radius 3 is 3.20 bits per heavy atom. The molecule has 56 valence electrons. The van der Waals surface area contributed by atoms with Crippen LogP contribution in [0, 0.1) is 0 Å². The van der Waals surface area contributed by atoms with Crippen molar-refractivity contribution in [2.24, 2.45) is 4.99 Å². The maximum Gasteiger partial charge on any atom is 0.0696 e. The third-order valence-corrected chi connectivity index (χ3v) is 1.35. The third kappa shape index (κ3) is 1.84. The molecule has 0 saturated heterocycles. The minimum atomic E-state index is 0.848. The SMILES string of the molecule is CNCC1=CN(C)CC=N1. The molecule has 3 nitrogen and oxygen atoms in total. The molecule has 0 aromatic heterocycles. The highest BCUT2D eigenvalue weighted by atomic mass is 15.1. The molecule has 0 unspecified atom stereocenters. The Kier molecular flexibility index (Phi) is 2.45. The molecule has 10 heavy (non-hydrogen) atoms. The van der Waals surface area contributed by atoms with Crippen molar-refractivity contribution in [3.63, 3.8) is 0 Å². The second-order valence-electron chi connectivity index (χ2n) is 2.40. The Balaban J connectivity index is 2.49. The van der Waals surface area contributed by atoms with Crippen LogP contribution >= 0.6 is 0 Å². The molecule has 0 spiro atoms. The summed E-state index contributed by atoms with van der Waals surface area (Å²) in [7, 11) is 3.96. The molecule has 1 rings (SSSR count). The van der Waals surface area contributed by atoms with Gasteiger partial charge < -0.3 is 10.2 Å². The van der Waals surface area contributed by atoms with Gasteiger partial charge in [0.25, 0.3) is 0 Å². The van der Waals surface area contributed by atoms with Gasteiger partial charge in [-0.25, -0.2) is 0 Å². The Bertz CT molecular complexity index is 160. The van der Waals surface area contributed by atoms with Gasteiger partial charge in [-0.05, 0) is 7.05 Å². The molecule has 0 fully saturated rings. The van der Waals surface area contributed by atoms with Crippen molar-refractivity contribution in [1.29, 1.82) is 0 Å². The molecule has 0 saturated carbocycles. The van der Waals surface area contributed by atoms with E-state index in [2.05, 4.69) is 21.4 Å². The lowest BCUT2D eigenvalue weighted by atomic mass is 10.4. The van der Waals surface area contributed by atoms with E-state index in [0.717, 1.165) is 18.8 Å². The molecule has 1 N–H and O–H groups in total. The molecule has 0 aliphatic carbocycles. The van der Waals surface area contributed by atoms with Gasteiger partial charge in [-0.15, -0.1) is 0 Å². The average Bonchev–Trinajstić information content (AvgIpc) is 1.88. The van der Waals surface area contributed by atoms with Crippen LogP contribution < -0.4 is 5.32 Å². The van der Waals surface area contributed by atoms with Crippen LogP contribution in [0.15, 0.2) is 16.9 Å². The molecule has 0 bridgehead atoms. The van der Waals surface area contributed by atoms with E-state index in [9.17, 15) is 0 Å². The summed E-state index contributed by atoms with van der Waals surface area (Å²) in [5.74, 6) is 0. The van der Waals surface area contributed by atoms with Gasteiger partial charge in [0.2, 0.25) is 0 Å². The predicted octanol–water partition coefficient (Wildman–Crippen LogP) is 0.0634. The van der Waals surface area contributed by atoms with Crippen LogP contribution in [0.5, 0.6) is 0 Å². The fourth-order valence-corrected chi connectivity index (χ4v) is 0.900. The van der Waals surface area contributed by atoms with Crippen molar-refractivity contribution in [3.05, 3.63) is 11.9 Å². The topological polar surface area (TPSA) is 27.6 Å². The summed E-state index contributed by atoms with van der Waals surface area (Å²) in [5.41, 5.74) is 1.09. The largest absolute Gasteiger partial charge is 0.374 e. The zero-order valence-electron chi connectivity index (χ0n) is 6.46. The first-order valence-corrected chi connectivity index (χ1v) is 3.41. The van der Waals surface area contributed by atoms with Crippen molar-refractivity contribution in [1.82, 2.24) is 10.2 Å². The highest BCUT2D eigenvalue weighted by molar-refractivity contribution is 5.62. The smallest absolute Gasteiger partial charge is 0.0696 e. The second kappa shape index (κ2) is 3.37. The molecule has 3 heteroatoms. The van der Waals surface area contributed by atoms with Gasteiger partial charge >= 0.3 is 0 Å². The average molecular weight is 139 g/mol. The normalized spacial score (nSPS) is 17.4. The van der Waals surface area contributed by atoms with Gasteiger partial charge in [0.15, 0.2) is 0 Å². The Labute approximate surface area is 61.4 Å². The van der Waals surface area contributed by atoms with Gasteiger partial charge in [-0.1, -0.05) is 0 Å². The third-order valence-electron chi connectivity index (χ3n) is 1.35. The Morgan fingerprint density at radius 1 is 1.80 bits per heavy atom. The molecule has 0 aromatic rings. The van der Waals surface area contributed by atoms with E-state index in [1.165, 1.54) is 0 Å². The molecule has 0 amide bonds. The standard InChI is InChI=1S/C7H13N3/c1-8-5-7-6-10(2)4-3-9-7/h3,6,8H,4-5H2,1-2H3. The number of aliphatic imine (C=N–C) groups is 1. The van der Waals surface area contributed by atoms with Gasteiger partial charge in [0.05, 0.1) is 12.2 Å². The summed E-state index contributed by atoms with van der Waals surface area (Å²) in [4.78, 5) is 6.31. The Hall–Kier alpha value is -0.830. The van der Waals surface area contributed by atoms with Crippen molar-refractivity contribution < 1.29 is 0 Å². The fraction of sp³-hybridized carbons (Fsp3) is 0.571. The molecule has 0 atom stereocenters. The predicted molar refractivity (Wildman–Crippen MR) is 43.1 cm³/mol. The van der Waals surface area contributed by atoms with Crippen LogP contribution in [0.2, 0.25) is 0 Å². The lowest BCUT2D eigenvalue weighted by Crippen LogP contribution is -2.21. The van der Waals surface area contributed by atoms with E-state index < -0.39 is 0 Å². The Morgan fingerprint density at radius 2 is 2.60 bits per heavy atom. The van der Waals surface area contributed by atoms with Crippen LogP contribution in [0.1, 0.15) is 0 Å². The summed E-state index contributed by atoms with van der Waals surface area (Å²) in [5, 5.41) is 3.05. The van der Waals surface area contributed by atoms with Crippen LogP contribution in [-0.4, -0.2) is 38.3 Å². The highest BCUT2D eigenvalue weighted by Crippen LogP contribution is 2.00. The monoisotopic (exact) mass is 139 g/mol. The van der Waals surface area contributed by atoms with Gasteiger partial charge in [-0.2, -0.15) is 0 Å². The van der Waals surface area contributed by atoms with Crippen molar-refractivity contribution >= 4 is 6.21 Å². The second-order valence-corrected chi connectivity index (χ2v) is 2.40. The van der Waals surface area contributed by atoms with E-state index in [-0.39, 0.29) is 0 Å². The first-order valence-electron chi connectivity index (χ1n) is 3.41. The fourth-order valence-electron chi connectivity index (χ4n) is 0.900. The molecule has 0 aromatic carbocycles. The number of nitrogens with zero attached hydrogens (tertiary/aromatic N) is 2. The number of likely N-dealkylation sites (N-methyl/N-ethyl adjacent to an activating group) is 1. The lowest BCUT2D eigenvalue weighted by Gasteiger charge is -2.16. The number of rotatable bonds is 2. The van der Waals surface area contributed by atoms with Crippen LogP contribution in [0.3, 0.4) is 0 Å². The minimum absolute atomic E-state index is 0.848. The zero-order chi connectivity index (χ0) is 7.40. The van der Waals surface area contributed by atoms with Crippen molar-refractivity contribution in [3.8, 4) is 0 Å². The van der Waals surface area contributed by atoms with E-state index >= 15 is 0 Å². The van der Waals surface area contributed by atoms with E-state index in [1.807, 2.05) is 20.3 Å². The van der Waals surface area contributed by atoms with Crippen molar-refractivity contribution in [2.45, 2.75) is 0 Å². The summed E-state index contributed by atoms with van der Waals surface area (Å²) in [6.07, 6.45) is 3.98. The molecular formula is C7H13N3. The van der Waals surface area contributed by atoms with Gasteiger partial charge in [0, 0.05) is 26.0 Å². The highest BCUT2D eigenvalue weighted by Gasteiger charge is 1.99. The number of hydrogen-bond acceptors (Lipinski definition) is 3. The van der Waals surface area contributed by atoms with E-state index in [1.54, 1.807) is 0 Å². The quantitative estimate of drug-likeness (QED) is 0.586. The minimum Gasteiger partial charge on any atom is -0.374 e. The lowest BCUT2D eigenvalue weighted by molar-refractivity contribution is 0.512. The number of nitrogens with one attached hydrogen (secondary N) is 1. The van der Waals surface area contributed by atoms with E-state index in [0.29, 0.717) is 0 Å². The van der Waals surface area contributed by atoms with E-state index in [4.69, 9.17) is 0 Å². The van der Waals surface area contributed by atoms with Crippen molar-refractivity contribution in [2.75, 3.05) is 27.2 Å². The zero-order valence-corrected chi connectivity index (χ0v) is 6.46. The maximum atomic E-state index is 4.20. The van der Waals surface area contributed by atoms with Crippen LogP contribution in [-0.2, 0) is 0 Å². The summed E-state index contributed by atoms with van der Waals surface area (Å²) < 4.78 is 0. The molecular weight excluding hydrogens is 126 g/mol. The molecule has 1 aliphatic heterocycles. The number of hydrogen-bond donors (Lipinski definition) is 1. The molecule has 1 aliphatic rings. The first kappa shape index (κ1) is 7.28. The van der Waals surface area contributed by atoms with Crippen LogP contribution in [0.4, 0.5) is 0 Å². The molecule has 1 heterocycles. The molecule has 0 radical (unpaired) electrons. The summed E-state index contributed by atoms with van der Waals surface area (Å²) >= 11 is 0.